The van der Waals surface area contributed by atoms with Crippen LogP contribution in [0.1, 0.15) is 17.7 Å². The van der Waals surface area contributed by atoms with Crippen molar-refractivity contribution < 1.29 is 147 Å². The molecule has 0 aromatic carbocycles. The van der Waals surface area contributed by atoms with E-state index in [2.05, 4.69) is 10.1 Å². The minimum Gasteiger partial charge on any atom is -0.870 e. The van der Waals surface area contributed by atoms with Gasteiger partial charge in [-0.15, -0.1) is 0 Å². The van der Waals surface area contributed by atoms with E-state index in [1.807, 2.05) is 0 Å². The third-order valence-corrected chi connectivity index (χ3v) is 0.0278. The van der Waals surface area contributed by atoms with Crippen molar-refractivity contribution >= 4 is 0 Å². The van der Waals surface area contributed by atoms with Crippen LogP contribution in [0.2, 0.25) is 0 Å². The van der Waals surface area contributed by atoms with Gasteiger partial charge in [-0.3, -0.25) is 63.1 Å². The van der Waals surface area contributed by atoms with E-state index in [9.17, 15) is 0 Å². The first-order chi connectivity index (χ1) is 12.9. The summed E-state index contributed by atoms with van der Waals surface area (Å²) in [6, 6.07) is 0. The molecule has 0 fully saturated rings. The van der Waals surface area contributed by atoms with E-state index in [4.69, 9.17) is 124 Å². The molecule has 0 unspecified atom stereocenters. The van der Waals surface area contributed by atoms with Crippen molar-refractivity contribution in [3.63, 3.8) is 0 Å². The Morgan fingerprint density at radius 2 is 0.452 bits per heavy atom. The van der Waals surface area contributed by atoms with Gasteiger partial charge in [-0.05, 0) is 0 Å². The van der Waals surface area contributed by atoms with E-state index in [-0.39, 0.29) is 57.3 Å². The molecule has 212 valence electrons. The maximum atomic E-state index is 8.26. The van der Waals surface area contributed by atoms with E-state index in [1.54, 1.807) is 0 Å². The summed E-state index contributed by atoms with van der Waals surface area (Å²) in [7, 11) is 0. The smallest absolute Gasteiger partial charge is 0.870 e. The Bertz CT molecular complexity index is 48.5. The fourth-order valence-electron chi connectivity index (χ4n) is 0. The Labute approximate surface area is 192 Å². The average Bonchev–Trinajstić information content (AvgIpc) is 2.87. The number of hydrogen-bond acceptors (Lipinski definition) is 27. The monoisotopic (exact) mass is 591 g/mol. The first-order valence-electron chi connectivity index (χ1n) is 2.57. The molecule has 0 saturated carbocycles. The predicted octanol–water partition coefficient (Wildman–Crippen LogP) is -3.25. The molecule has 31 heavy (non-hydrogen) atoms. The van der Waals surface area contributed by atoms with Gasteiger partial charge in [0, 0.05) is 63.9 Å². The zero-order chi connectivity index (χ0) is 25.4. The summed E-state index contributed by atoms with van der Waals surface area (Å²) < 4.78 is 0. The van der Waals surface area contributed by atoms with E-state index in [0.29, 0.717) is 0 Å². The van der Waals surface area contributed by atoms with Crippen molar-refractivity contribution in [2.75, 3.05) is 0 Å². The molecule has 0 amide bonds. The van der Waals surface area contributed by atoms with Crippen molar-refractivity contribution in [1.82, 2.24) is 0 Å². The fraction of sp³-hybridized carbons (Fsp3) is 1.00. The molecule has 0 aromatic heterocycles. The van der Waals surface area contributed by atoms with Crippen molar-refractivity contribution in [2.45, 2.75) is 14.9 Å². The van der Waals surface area contributed by atoms with Crippen molar-refractivity contribution in [3.8, 4) is 0 Å². The van der Waals surface area contributed by atoms with Crippen LogP contribution in [0, 0.1) is 29.8 Å². The van der Waals surface area contributed by atoms with Crippen LogP contribution in [0.3, 0.4) is 0 Å². The topological polar surface area (TPSA) is 526 Å². The zero-order valence-corrected chi connectivity index (χ0v) is 14.7. The first-order valence-corrected chi connectivity index (χ1v) is 2.57. The maximum absolute atomic E-state index is 8.26. The van der Waals surface area contributed by atoms with Crippen LogP contribution in [-0.2, 0) is 44.2 Å². The molecule has 0 bridgehead atoms. The summed E-state index contributed by atoms with van der Waals surface area (Å²) in [5, 5.41) is 119. The second kappa shape index (κ2) is 22800. The molecule has 0 atom stereocenters. The summed E-state index contributed by atoms with van der Waals surface area (Å²) >= 11 is 0. The van der Waals surface area contributed by atoms with E-state index in [1.165, 1.54) is 0 Å². The van der Waals surface area contributed by atoms with Crippen molar-refractivity contribution in [3.05, 3.63) is 29.8 Å². The maximum Gasteiger partial charge on any atom is 1.00 e. The standard InChI is InChI=1S/2CH4.2Mn.H2O4.8H2O2.3O2.H2O/c;;;;1-3-4-2;11*1-2;/h2*1H4;;;1-2H;8*1-2H;;;;1H2/p-3. The van der Waals surface area contributed by atoms with E-state index >= 15 is 0 Å². The largest absolute Gasteiger partial charge is 1.00 e. The van der Waals surface area contributed by atoms with Gasteiger partial charge in [0.05, 0.1) is 0 Å². The van der Waals surface area contributed by atoms with Gasteiger partial charge in [0.2, 0.25) is 0 Å². The van der Waals surface area contributed by atoms with Crippen LogP contribution in [0.4, 0.5) is 0 Å². The van der Waals surface area contributed by atoms with Gasteiger partial charge >= 0.3 is 2.85 Å². The summed E-state index contributed by atoms with van der Waals surface area (Å²) in [4.78, 5) is 42.0. The average molecular weight is 591 g/mol. The van der Waals surface area contributed by atoms with Gasteiger partial charge in [0.25, 0.3) is 0 Å². The van der Waals surface area contributed by atoms with Gasteiger partial charge in [-0.25, -0.2) is 0 Å². The van der Waals surface area contributed by atoms with Gasteiger partial charge < -0.3 is 47.1 Å². The van der Waals surface area contributed by atoms with Crippen molar-refractivity contribution in [2.24, 2.45) is 0 Å². The molecule has 15 N–H and O–H groups in total. The van der Waals surface area contributed by atoms with Crippen LogP contribution in [0.5, 0.6) is 0 Å². The second-order valence-electron chi connectivity index (χ2n) is 0.136. The third-order valence-electron chi connectivity index (χ3n) is 0.0278. The minimum atomic E-state index is 0. The Morgan fingerprint density at radius 1 is 0.419 bits per heavy atom. The van der Waals surface area contributed by atoms with E-state index < -0.39 is 0 Å². The van der Waals surface area contributed by atoms with Gasteiger partial charge in [0.15, 0.2) is 0 Å². The predicted molar refractivity (Wildman–Crippen MR) is 76.8 cm³/mol. The zero-order valence-electron chi connectivity index (χ0n) is 14.4. The molecule has 0 aromatic rings. The molecule has 0 heterocycles. The van der Waals surface area contributed by atoms with Gasteiger partial charge in [-0.1, -0.05) is 14.9 Å². The fourth-order valence-corrected chi connectivity index (χ4v) is 0. The summed E-state index contributed by atoms with van der Waals surface area (Å²) in [6.45, 7) is 0. The molecule has 27 nitrogen and oxygen atoms in total. The van der Waals surface area contributed by atoms with Crippen LogP contribution >= 0.6 is 0 Å². The Hall–Kier alpha value is -1.00. The third kappa shape index (κ3) is 19600000000. The SMILES string of the molecule is C.C.O=O.O=O.O=O.OO.OO.OO.OO.OO.OO.[H+].[H+].[Mn].[Mn].[O-]O.[O-]O.[O-]OO[O-].[OH-]. The number of rotatable bonds is 1. The summed E-state index contributed by atoms with van der Waals surface area (Å²) in [5.74, 6) is 0. The van der Waals surface area contributed by atoms with Crippen molar-refractivity contribution in [1.29, 1.82) is 0 Å². The summed E-state index contributed by atoms with van der Waals surface area (Å²) in [6.07, 6.45) is 0. The molecule has 29 heteroatoms. The molecule has 0 spiro atoms. The molecule has 0 saturated heterocycles. The molecular weight excluding hydrogens is 566 g/mol. The van der Waals surface area contributed by atoms with Crippen LogP contribution < -0.4 is 21.0 Å². The molecule has 2 radical (unpaired) electrons. The van der Waals surface area contributed by atoms with Crippen LogP contribution in [0.15, 0.2) is 0 Å². The molecule has 0 aliphatic heterocycles. The molecule has 0 aliphatic carbocycles. The van der Waals surface area contributed by atoms with Crippen LogP contribution in [-0.4, -0.2) is 79.1 Å². The van der Waals surface area contributed by atoms with Gasteiger partial charge in [0.1, 0.15) is 0 Å². The summed E-state index contributed by atoms with van der Waals surface area (Å²) in [5.41, 5.74) is 0. The Morgan fingerprint density at radius 3 is 0.452 bits per heavy atom. The molecule has 0 rings (SSSR count). The minimum absolute atomic E-state index is 0. The Kier molecular flexibility index (Phi) is 110000. The number of hydrogen-bond donors (Lipinski definition) is 14. The quantitative estimate of drug-likeness (QED) is 0.0808. The molecular formula is C2H25Mn2O27-3. The van der Waals surface area contributed by atoms with E-state index in [0.717, 1.165) is 0 Å². The van der Waals surface area contributed by atoms with Crippen LogP contribution in [0.25, 0.3) is 0 Å². The second-order valence-corrected chi connectivity index (χ2v) is 0.136. The molecule has 0 aliphatic rings. The normalized spacial score (nSPS) is 2.90. The Balaban J connectivity index is -0.00000000377. The first kappa shape index (κ1) is 149. The van der Waals surface area contributed by atoms with Gasteiger partial charge in [-0.2, -0.15) is 0 Å².